The van der Waals surface area contributed by atoms with Crippen molar-refractivity contribution in [3.8, 4) is 0 Å². The summed E-state index contributed by atoms with van der Waals surface area (Å²) in [5.74, 6) is -1.63. The number of piperidine rings is 2. The highest BCUT2D eigenvalue weighted by Crippen LogP contribution is 2.35. The van der Waals surface area contributed by atoms with E-state index in [0.29, 0.717) is 32.4 Å². The lowest BCUT2D eigenvalue weighted by molar-refractivity contribution is -0.176. The number of benzene rings is 2. The third-order valence-electron chi connectivity index (χ3n) is 6.68. The van der Waals surface area contributed by atoms with Crippen LogP contribution in [0.25, 0.3) is 0 Å². The minimum absolute atomic E-state index is 0.0307. The molecule has 4 rings (SSSR count). The van der Waals surface area contributed by atoms with Gasteiger partial charge in [-0.05, 0) is 55.5 Å². The molecule has 0 saturated carbocycles. The van der Waals surface area contributed by atoms with Crippen LogP contribution in [0, 0.1) is 11.8 Å². The van der Waals surface area contributed by atoms with Gasteiger partial charge in [0.2, 0.25) is 5.91 Å². The van der Waals surface area contributed by atoms with Gasteiger partial charge in [-0.1, -0.05) is 30.3 Å². The fraction of sp³-hybridized carbons (Fsp3) is 0.462. The lowest BCUT2D eigenvalue weighted by Crippen LogP contribution is -2.42. The fourth-order valence-corrected chi connectivity index (χ4v) is 4.89. The minimum atomic E-state index is -4.17. The van der Waals surface area contributed by atoms with E-state index in [1.54, 1.807) is 34.1 Å². The standard InChI is InChI=1S/C26H29F3N2O2/c27-26(28,29)21-9-5-14-30(18-21)22-10-12-23(13-11-22)31-15-4-8-20(25(31)33)17-24(32)16-19-6-2-1-3-7-19/h1-3,6-7,10-13,20-21H,4-5,8-9,14-18H2/t20-,21?/m0/s1. The molecular weight excluding hydrogens is 429 g/mol. The average molecular weight is 459 g/mol. The zero-order valence-electron chi connectivity index (χ0n) is 18.6. The van der Waals surface area contributed by atoms with Crippen molar-refractivity contribution in [2.75, 3.05) is 29.4 Å². The predicted octanol–water partition coefficient (Wildman–Crippen LogP) is 5.41. The van der Waals surface area contributed by atoms with Crippen molar-refractivity contribution in [2.24, 2.45) is 11.8 Å². The van der Waals surface area contributed by atoms with Gasteiger partial charge in [0.15, 0.2) is 0 Å². The average Bonchev–Trinajstić information content (AvgIpc) is 2.81. The molecular formula is C26H29F3N2O2. The summed E-state index contributed by atoms with van der Waals surface area (Å²) in [5, 5.41) is 0. The van der Waals surface area contributed by atoms with Crippen molar-refractivity contribution >= 4 is 23.1 Å². The number of amides is 1. The molecule has 33 heavy (non-hydrogen) atoms. The first-order valence-electron chi connectivity index (χ1n) is 11.6. The number of hydrogen-bond acceptors (Lipinski definition) is 3. The Morgan fingerprint density at radius 3 is 2.27 bits per heavy atom. The van der Waals surface area contributed by atoms with Crippen LogP contribution in [0.5, 0.6) is 0 Å². The molecule has 2 aliphatic heterocycles. The molecule has 2 atom stereocenters. The van der Waals surface area contributed by atoms with Crippen LogP contribution >= 0.6 is 0 Å². The third-order valence-corrected chi connectivity index (χ3v) is 6.68. The number of alkyl halides is 3. The first kappa shape index (κ1) is 23.3. The van der Waals surface area contributed by atoms with Crippen LogP contribution in [-0.2, 0) is 16.0 Å². The Kier molecular flexibility index (Phi) is 7.05. The molecule has 4 nitrogen and oxygen atoms in total. The Morgan fingerprint density at radius 2 is 1.58 bits per heavy atom. The maximum atomic E-state index is 13.1. The molecule has 0 aliphatic carbocycles. The van der Waals surface area contributed by atoms with E-state index in [1.165, 1.54) is 0 Å². The van der Waals surface area contributed by atoms with Gasteiger partial charge < -0.3 is 9.80 Å². The smallest absolute Gasteiger partial charge is 0.371 e. The summed E-state index contributed by atoms with van der Waals surface area (Å²) in [6.07, 6.45) is -1.43. The molecule has 0 aromatic heterocycles. The van der Waals surface area contributed by atoms with E-state index in [9.17, 15) is 22.8 Å². The zero-order chi connectivity index (χ0) is 23.4. The molecule has 1 amide bonds. The van der Waals surface area contributed by atoms with Gasteiger partial charge >= 0.3 is 6.18 Å². The molecule has 2 aliphatic rings. The highest BCUT2D eigenvalue weighted by atomic mass is 19.4. The maximum absolute atomic E-state index is 13.1. The van der Waals surface area contributed by atoms with Gasteiger partial charge in [-0.3, -0.25) is 9.59 Å². The quantitative estimate of drug-likeness (QED) is 0.581. The van der Waals surface area contributed by atoms with E-state index in [1.807, 2.05) is 30.3 Å². The van der Waals surface area contributed by atoms with E-state index >= 15 is 0 Å². The number of Topliss-reactive ketones (excluding diaryl/α,β-unsaturated/α-hetero) is 1. The van der Waals surface area contributed by atoms with E-state index in [4.69, 9.17) is 0 Å². The molecule has 0 spiro atoms. The summed E-state index contributed by atoms with van der Waals surface area (Å²) in [6.45, 7) is 1.15. The maximum Gasteiger partial charge on any atom is 0.393 e. The summed E-state index contributed by atoms with van der Waals surface area (Å²) in [5.41, 5.74) is 2.42. The molecule has 2 aromatic rings. The van der Waals surface area contributed by atoms with Crippen LogP contribution in [0.15, 0.2) is 54.6 Å². The second kappa shape index (κ2) is 9.98. The monoisotopic (exact) mass is 458 g/mol. The van der Waals surface area contributed by atoms with Gasteiger partial charge in [-0.25, -0.2) is 0 Å². The fourth-order valence-electron chi connectivity index (χ4n) is 4.89. The van der Waals surface area contributed by atoms with E-state index in [0.717, 1.165) is 23.4 Å². The number of ketones is 1. The van der Waals surface area contributed by atoms with Crippen molar-refractivity contribution < 1.29 is 22.8 Å². The molecule has 0 N–H and O–H groups in total. The Balaban J connectivity index is 1.38. The van der Waals surface area contributed by atoms with Crippen LogP contribution in [-0.4, -0.2) is 37.5 Å². The van der Waals surface area contributed by atoms with Gasteiger partial charge in [-0.2, -0.15) is 13.2 Å². The first-order valence-corrected chi connectivity index (χ1v) is 11.6. The number of anilines is 2. The number of carbonyl (C=O) groups is 2. The summed E-state index contributed by atoms with van der Waals surface area (Å²) < 4.78 is 39.4. The minimum Gasteiger partial charge on any atom is -0.371 e. The summed E-state index contributed by atoms with van der Waals surface area (Å²) >= 11 is 0. The lowest BCUT2D eigenvalue weighted by atomic mass is 9.90. The van der Waals surface area contributed by atoms with Crippen LogP contribution in [0.2, 0.25) is 0 Å². The molecule has 0 radical (unpaired) electrons. The first-order chi connectivity index (χ1) is 15.8. The molecule has 7 heteroatoms. The number of hydrogen-bond donors (Lipinski definition) is 0. The number of carbonyl (C=O) groups excluding carboxylic acids is 2. The van der Waals surface area contributed by atoms with Crippen LogP contribution in [0.4, 0.5) is 24.5 Å². The summed E-state index contributed by atoms with van der Waals surface area (Å²) in [6, 6.07) is 16.7. The summed E-state index contributed by atoms with van der Waals surface area (Å²) in [7, 11) is 0. The predicted molar refractivity (Wildman–Crippen MR) is 122 cm³/mol. The van der Waals surface area contributed by atoms with Gasteiger partial charge in [-0.15, -0.1) is 0 Å². The molecule has 2 heterocycles. The number of halogens is 3. The van der Waals surface area contributed by atoms with E-state index in [-0.39, 0.29) is 37.0 Å². The molecule has 0 bridgehead atoms. The highest BCUT2D eigenvalue weighted by Gasteiger charge is 2.42. The highest BCUT2D eigenvalue weighted by molar-refractivity contribution is 5.98. The van der Waals surface area contributed by atoms with E-state index < -0.39 is 12.1 Å². The van der Waals surface area contributed by atoms with Gasteiger partial charge in [0, 0.05) is 49.8 Å². The largest absolute Gasteiger partial charge is 0.393 e. The van der Waals surface area contributed by atoms with Crippen molar-refractivity contribution in [1.29, 1.82) is 0 Å². The molecule has 2 fully saturated rings. The van der Waals surface area contributed by atoms with Crippen molar-refractivity contribution in [3.63, 3.8) is 0 Å². The second-order valence-corrected chi connectivity index (χ2v) is 9.08. The molecule has 1 unspecified atom stereocenters. The van der Waals surface area contributed by atoms with Crippen LogP contribution < -0.4 is 9.80 Å². The van der Waals surface area contributed by atoms with Crippen molar-refractivity contribution in [1.82, 2.24) is 0 Å². The molecule has 2 saturated heterocycles. The Morgan fingerprint density at radius 1 is 0.909 bits per heavy atom. The third kappa shape index (κ3) is 5.75. The Bertz CT molecular complexity index is 960. The van der Waals surface area contributed by atoms with Crippen LogP contribution in [0.3, 0.4) is 0 Å². The van der Waals surface area contributed by atoms with Crippen LogP contribution in [0.1, 0.15) is 37.7 Å². The second-order valence-electron chi connectivity index (χ2n) is 9.08. The summed E-state index contributed by atoms with van der Waals surface area (Å²) in [4.78, 5) is 29.1. The number of rotatable bonds is 6. The van der Waals surface area contributed by atoms with Crippen molar-refractivity contribution in [3.05, 3.63) is 60.2 Å². The molecule has 2 aromatic carbocycles. The van der Waals surface area contributed by atoms with Gasteiger partial charge in [0.25, 0.3) is 0 Å². The topological polar surface area (TPSA) is 40.6 Å². The Hall–Kier alpha value is -2.83. The van der Waals surface area contributed by atoms with Gasteiger partial charge in [0.1, 0.15) is 5.78 Å². The number of nitrogens with zero attached hydrogens (tertiary/aromatic N) is 2. The lowest BCUT2D eigenvalue weighted by Gasteiger charge is -2.36. The molecule has 176 valence electrons. The zero-order valence-corrected chi connectivity index (χ0v) is 18.6. The van der Waals surface area contributed by atoms with Crippen molar-refractivity contribution in [2.45, 2.75) is 44.7 Å². The normalized spacial score (nSPS) is 21.8. The SMILES string of the molecule is O=C(Cc1ccccc1)C[C@@H]1CCCN(c2ccc(N3CCCC(C(F)(F)F)C3)cc2)C1=O. The van der Waals surface area contributed by atoms with E-state index in [2.05, 4.69) is 0 Å². The van der Waals surface area contributed by atoms with Gasteiger partial charge in [0.05, 0.1) is 5.92 Å². The Labute approximate surface area is 192 Å².